The normalized spacial score (nSPS) is 15.3. The summed E-state index contributed by atoms with van der Waals surface area (Å²) in [4.78, 5) is 11.1. The molecule has 0 N–H and O–H groups in total. The Labute approximate surface area is 140 Å². The molecule has 1 aliphatic rings. The lowest BCUT2D eigenvalue weighted by Gasteiger charge is -2.39. The van der Waals surface area contributed by atoms with E-state index >= 15 is 0 Å². The summed E-state index contributed by atoms with van der Waals surface area (Å²) in [5.74, 6) is 2.34. The minimum atomic E-state index is 0.372. The Morgan fingerprint density at radius 1 is 1.27 bits per heavy atom. The fourth-order valence-corrected chi connectivity index (χ4v) is 3.39. The highest BCUT2D eigenvalue weighted by molar-refractivity contribution is 9.10. The van der Waals surface area contributed by atoms with Crippen LogP contribution in [0.4, 0.5) is 5.82 Å². The van der Waals surface area contributed by atoms with Crippen LogP contribution in [0.5, 0.6) is 0 Å². The van der Waals surface area contributed by atoms with Crippen molar-refractivity contribution in [2.75, 3.05) is 24.2 Å². The average molecular weight is 377 g/mol. The second-order valence-electron chi connectivity index (χ2n) is 5.12. The fourth-order valence-electron chi connectivity index (χ4n) is 2.62. The summed E-state index contributed by atoms with van der Waals surface area (Å²) in [5.41, 5.74) is 0.892. The molecule has 0 atom stereocenters. The van der Waals surface area contributed by atoms with Gasteiger partial charge in [-0.1, -0.05) is 17.8 Å². The molecular formula is C14H13BrN6S. The number of thioether (sulfide) groups is 1. The molecule has 6 nitrogen and oxygen atoms in total. The Morgan fingerprint density at radius 2 is 2.14 bits per heavy atom. The summed E-state index contributed by atoms with van der Waals surface area (Å²) in [5, 5.41) is 9.35. The van der Waals surface area contributed by atoms with Crippen LogP contribution in [0.25, 0.3) is 5.65 Å². The second kappa shape index (κ2) is 5.51. The number of pyridine rings is 1. The molecule has 4 rings (SSSR count). The predicted octanol–water partition coefficient (Wildman–Crippen LogP) is 2.61. The zero-order chi connectivity index (χ0) is 15.1. The molecule has 0 unspecified atom stereocenters. The molecule has 0 aromatic carbocycles. The van der Waals surface area contributed by atoms with Crippen LogP contribution in [-0.4, -0.2) is 43.9 Å². The van der Waals surface area contributed by atoms with Crippen molar-refractivity contribution in [2.24, 2.45) is 0 Å². The quantitative estimate of drug-likeness (QED) is 0.517. The lowest BCUT2D eigenvalue weighted by molar-refractivity contribution is 0.490. The van der Waals surface area contributed by atoms with E-state index in [9.17, 15) is 0 Å². The van der Waals surface area contributed by atoms with Gasteiger partial charge >= 0.3 is 0 Å². The number of nitrogens with zero attached hydrogens (tertiary/aromatic N) is 6. The van der Waals surface area contributed by atoms with Crippen LogP contribution < -0.4 is 4.90 Å². The largest absolute Gasteiger partial charge is 0.354 e. The van der Waals surface area contributed by atoms with E-state index in [4.69, 9.17) is 0 Å². The Bertz CT molecular complexity index is 829. The molecule has 1 aliphatic heterocycles. The molecule has 0 radical (unpaired) electrons. The Hall–Kier alpha value is -1.67. The maximum absolute atomic E-state index is 4.58. The molecule has 3 aromatic rings. The summed E-state index contributed by atoms with van der Waals surface area (Å²) in [6.45, 7) is 1.78. The molecule has 0 spiro atoms. The minimum Gasteiger partial charge on any atom is -0.354 e. The number of hydrogen-bond acceptors (Lipinski definition) is 6. The number of halogens is 1. The Morgan fingerprint density at radius 3 is 2.95 bits per heavy atom. The van der Waals surface area contributed by atoms with Gasteiger partial charge in [0, 0.05) is 25.5 Å². The average Bonchev–Trinajstić information content (AvgIpc) is 2.92. The van der Waals surface area contributed by atoms with Crippen LogP contribution in [0, 0.1) is 0 Å². The number of fused-ring (bicyclic) bond motifs is 1. The van der Waals surface area contributed by atoms with Crippen molar-refractivity contribution in [3.63, 3.8) is 0 Å². The monoisotopic (exact) mass is 376 g/mol. The smallest absolute Gasteiger partial charge is 0.189 e. The van der Waals surface area contributed by atoms with Crippen molar-refractivity contribution in [3.05, 3.63) is 40.9 Å². The van der Waals surface area contributed by atoms with Crippen LogP contribution in [0.15, 0.2) is 40.2 Å². The number of hydrogen-bond donors (Lipinski definition) is 0. The zero-order valence-corrected chi connectivity index (χ0v) is 14.3. The van der Waals surface area contributed by atoms with Crippen molar-refractivity contribution in [2.45, 2.75) is 11.1 Å². The molecule has 0 aliphatic carbocycles. The molecule has 0 amide bonds. The van der Waals surface area contributed by atoms with Gasteiger partial charge in [-0.15, -0.1) is 10.2 Å². The standard InChI is InChI=1S/C14H13BrN6S/c1-22-14-16-6-10(15)13(17-14)20-7-9(8-20)12-19-18-11-4-2-3-5-21(11)12/h2-6,9H,7-8H2,1H3. The maximum atomic E-state index is 4.58. The highest BCUT2D eigenvalue weighted by Crippen LogP contribution is 2.34. The van der Waals surface area contributed by atoms with Crippen molar-refractivity contribution in [1.29, 1.82) is 0 Å². The molecule has 112 valence electrons. The first-order chi connectivity index (χ1) is 10.8. The van der Waals surface area contributed by atoms with Gasteiger partial charge in [0.15, 0.2) is 10.8 Å². The van der Waals surface area contributed by atoms with Gasteiger partial charge in [-0.3, -0.25) is 4.40 Å². The zero-order valence-electron chi connectivity index (χ0n) is 11.8. The molecule has 8 heteroatoms. The molecule has 0 bridgehead atoms. The molecule has 4 heterocycles. The van der Waals surface area contributed by atoms with Crippen molar-refractivity contribution >= 4 is 39.2 Å². The van der Waals surface area contributed by atoms with Gasteiger partial charge in [-0.05, 0) is 34.3 Å². The van der Waals surface area contributed by atoms with E-state index in [0.717, 1.165) is 40.0 Å². The second-order valence-corrected chi connectivity index (χ2v) is 6.74. The van der Waals surface area contributed by atoms with E-state index in [1.807, 2.05) is 36.8 Å². The highest BCUT2D eigenvalue weighted by atomic mass is 79.9. The lowest BCUT2D eigenvalue weighted by Crippen LogP contribution is -2.46. The van der Waals surface area contributed by atoms with Gasteiger partial charge in [0.1, 0.15) is 11.6 Å². The van der Waals surface area contributed by atoms with Crippen molar-refractivity contribution < 1.29 is 0 Å². The van der Waals surface area contributed by atoms with E-state index in [2.05, 4.69) is 45.4 Å². The van der Waals surface area contributed by atoms with Gasteiger partial charge in [-0.2, -0.15) is 0 Å². The summed E-state index contributed by atoms with van der Waals surface area (Å²) in [6.07, 6.45) is 5.81. The van der Waals surface area contributed by atoms with Gasteiger partial charge in [0.25, 0.3) is 0 Å². The number of anilines is 1. The third-order valence-corrected chi connectivity index (χ3v) is 4.89. The molecule has 3 aromatic heterocycles. The topological polar surface area (TPSA) is 59.2 Å². The predicted molar refractivity (Wildman–Crippen MR) is 89.5 cm³/mol. The summed E-state index contributed by atoms with van der Waals surface area (Å²) >= 11 is 5.08. The van der Waals surface area contributed by atoms with Gasteiger partial charge in [0.05, 0.1) is 10.4 Å². The van der Waals surface area contributed by atoms with Gasteiger partial charge < -0.3 is 4.90 Å². The minimum absolute atomic E-state index is 0.372. The number of aromatic nitrogens is 5. The maximum Gasteiger partial charge on any atom is 0.189 e. The summed E-state index contributed by atoms with van der Waals surface area (Å²) in [7, 11) is 0. The van der Waals surface area contributed by atoms with Crippen LogP contribution in [-0.2, 0) is 0 Å². The van der Waals surface area contributed by atoms with Crippen molar-refractivity contribution in [3.8, 4) is 0 Å². The Balaban J connectivity index is 1.57. The number of rotatable bonds is 3. The van der Waals surface area contributed by atoms with Crippen LogP contribution >= 0.6 is 27.7 Å². The molecule has 1 fully saturated rings. The van der Waals surface area contributed by atoms with Crippen molar-refractivity contribution in [1.82, 2.24) is 24.6 Å². The third kappa shape index (κ3) is 2.26. The fraction of sp³-hybridized carbons (Fsp3) is 0.286. The SMILES string of the molecule is CSc1ncc(Br)c(N2CC(c3nnc4ccccn34)C2)n1. The van der Waals surface area contributed by atoms with E-state index in [-0.39, 0.29) is 0 Å². The third-order valence-electron chi connectivity index (χ3n) is 3.77. The van der Waals surface area contributed by atoms with E-state index in [1.54, 1.807) is 11.8 Å². The molecule has 1 saturated heterocycles. The van der Waals surface area contributed by atoms with Crippen LogP contribution in [0.2, 0.25) is 0 Å². The first-order valence-corrected chi connectivity index (χ1v) is 8.89. The first-order valence-electron chi connectivity index (χ1n) is 6.87. The lowest BCUT2D eigenvalue weighted by atomic mass is 9.99. The van der Waals surface area contributed by atoms with E-state index < -0.39 is 0 Å². The molecular weight excluding hydrogens is 364 g/mol. The molecule has 0 saturated carbocycles. The Kier molecular flexibility index (Phi) is 3.50. The summed E-state index contributed by atoms with van der Waals surface area (Å²) < 4.78 is 2.99. The highest BCUT2D eigenvalue weighted by Gasteiger charge is 2.33. The van der Waals surface area contributed by atoms with Crippen LogP contribution in [0.3, 0.4) is 0 Å². The van der Waals surface area contributed by atoms with Crippen LogP contribution in [0.1, 0.15) is 11.7 Å². The van der Waals surface area contributed by atoms with Gasteiger partial charge in [0.2, 0.25) is 0 Å². The van der Waals surface area contributed by atoms with E-state index in [1.165, 1.54) is 0 Å². The first kappa shape index (κ1) is 14.0. The summed E-state index contributed by atoms with van der Waals surface area (Å²) in [6, 6.07) is 5.95. The molecule has 22 heavy (non-hydrogen) atoms. The van der Waals surface area contributed by atoms with Gasteiger partial charge in [-0.25, -0.2) is 9.97 Å². The van der Waals surface area contributed by atoms with E-state index in [0.29, 0.717) is 5.92 Å².